The summed E-state index contributed by atoms with van der Waals surface area (Å²) >= 11 is 0. The molecule has 1 fully saturated rings. The SMILES string of the molecule is C[C@H](NC(=O)[C@H](CCCN=C(N)N)NC(=O)[C@H](CC1CCCCC1)NC(=O)c1nc(N)n[nH]1)C(N)=O. The van der Waals surface area contributed by atoms with Gasteiger partial charge in [-0.15, -0.1) is 5.10 Å². The lowest BCUT2D eigenvalue weighted by molar-refractivity contribution is -0.132. The van der Waals surface area contributed by atoms with Crippen molar-refractivity contribution in [2.24, 2.45) is 28.1 Å². The number of primary amides is 1. The van der Waals surface area contributed by atoms with Gasteiger partial charge in [-0.1, -0.05) is 32.1 Å². The summed E-state index contributed by atoms with van der Waals surface area (Å²) in [6.07, 6.45) is 6.05. The Morgan fingerprint density at radius 2 is 1.69 bits per heavy atom. The van der Waals surface area contributed by atoms with Crippen LogP contribution in [0.25, 0.3) is 0 Å². The molecule has 0 aliphatic heterocycles. The van der Waals surface area contributed by atoms with Crippen molar-refractivity contribution in [2.45, 2.75) is 76.4 Å². The molecule has 1 aliphatic carbocycles. The first-order valence-corrected chi connectivity index (χ1v) is 12.0. The van der Waals surface area contributed by atoms with E-state index >= 15 is 0 Å². The zero-order valence-electron chi connectivity index (χ0n) is 20.5. The van der Waals surface area contributed by atoms with E-state index in [0.717, 1.165) is 32.1 Å². The van der Waals surface area contributed by atoms with Crippen molar-refractivity contribution in [1.82, 2.24) is 31.1 Å². The number of nitrogens with two attached hydrogens (primary N) is 4. The molecule has 0 bridgehead atoms. The first kappa shape index (κ1) is 28.3. The fraction of sp³-hybridized carbons (Fsp3) is 0.667. The van der Waals surface area contributed by atoms with Crippen molar-refractivity contribution in [3.8, 4) is 0 Å². The van der Waals surface area contributed by atoms with Crippen LogP contribution in [-0.4, -0.2) is 69.4 Å². The monoisotopic (exact) mass is 507 g/mol. The minimum absolute atomic E-state index is 0.0919. The van der Waals surface area contributed by atoms with E-state index in [4.69, 9.17) is 22.9 Å². The highest BCUT2D eigenvalue weighted by molar-refractivity contribution is 5.96. The van der Waals surface area contributed by atoms with Crippen molar-refractivity contribution in [3.05, 3.63) is 5.82 Å². The smallest absolute Gasteiger partial charge is 0.289 e. The fourth-order valence-corrected chi connectivity index (χ4v) is 4.02. The number of hydrogen-bond acceptors (Lipinski definition) is 8. The van der Waals surface area contributed by atoms with Gasteiger partial charge in [-0.05, 0) is 32.1 Å². The van der Waals surface area contributed by atoms with Crippen LogP contribution in [0.1, 0.15) is 68.9 Å². The number of carbonyl (C=O) groups is 4. The van der Waals surface area contributed by atoms with Crippen LogP contribution in [0.4, 0.5) is 5.95 Å². The van der Waals surface area contributed by atoms with Crippen LogP contribution in [0.3, 0.4) is 0 Å². The molecule has 1 saturated carbocycles. The van der Waals surface area contributed by atoms with Gasteiger partial charge in [-0.2, -0.15) is 4.98 Å². The van der Waals surface area contributed by atoms with E-state index < -0.39 is 41.8 Å². The van der Waals surface area contributed by atoms with Crippen LogP contribution in [0, 0.1) is 5.92 Å². The Morgan fingerprint density at radius 1 is 1.03 bits per heavy atom. The molecule has 4 amide bonds. The number of nitrogen functional groups attached to an aromatic ring is 1. The standard InChI is InChI=1S/C21H37N11O4/c1-11(15(22)33)27-17(34)13(8-5-9-26-20(23)24)28-18(35)14(10-12-6-3-2-4-7-12)29-19(36)16-30-21(25)32-31-16/h11-14H,2-10H2,1H3,(H2,22,33)(H,27,34)(H,28,35)(H,29,36)(H4,23,24,26)(H3,25,30,31,32)/t11-,13-,14-/m0/s1. The minimum Gasteiger partial charge on any atom is -0.370 e. The molecular weight excluding hydrogens is 470 g/mol. The fourth-order valence-electron chi connectivity index (χ4n) is 4.02. The van der Waals surface area contributed by atoms with Gasteiger partial charge in [0.15, 0.2) is 5.96 Å². The molecule has 3 atom stereocenters. The summed E-state index contributed by atoms with van der Waals surface area (Å²) < 4.78 is 0. The Labute approximate surface area is 209 Å². The molecule has 200 valence electrons. The average molecular weight is 508 g/mol. The van der Waals surface area contributed by atoms with Crippen molar-refractivity contribution in [1.29, 1.82) is 0 Å². The lowest BCUT2D eigenvalue weighted by atomic mass is 9.84. The molecule has 1 aromatic heterocycles. The van der Waals surface area contributed by atoms with Gasteiger partial charge in [-0.3, -0.25) is 29.3 Å². The molecule has 0 radical (unpaired) electrons. The van der Waals surface area contributed by atoms with Crippen LogP contribution in [0.15, 0.2) is 4.99 Å². The van der Waals surface area contributed by atoms with E-state index in [0.29, 0.717) is 12.8 Å². The number of aromatic nitrogens is 3. The van der Waals surface area contributed by atoms with Gasteiger partial charge in [0.05, 0.1) is 0 Å². The van der Waals surface area contributed by atoms with Gasteiger partial charge in [0.25, 0.3) is 5.91 Å². The Hall–Kier alpha value is -3.91. The highest BCUT2D eigenvalue weighted by Crippen LogP contribution is 2.27. The Kier molecular flexibility index (Phi) is 10.9. The number of amides is 4. The summed E-state index contributed by atoms with van der Waals surface area (Å²) in [5.41, 5.74) is 21.4. The summed E-state index contributed by atoms with van der Waals surface area (Å²) in [6.45, 7) is 1.68. The molecule has 0 unspecified atom stereocenters. The van der Waals surface area contributed by atoms with Crippen molar-refractivity contribution < 1.29 is 19.2 Å². The predicted molar refractivity (Wildman–Crippen MR) is 132 cm³/mol. The maximum Gasteiger partial charge on any atom is 0.289 e. The lowest BCUT2D eigenvalue weighted by Crippen LogP contribution is -2.56. The maximum atomic E-state index is 13.3. The Balaban J connectivity index is 2.16. The molecular formula is C21H37N11O4. The summed E-state index contributed by atoms with van der Waals surface area (Å²) in [5, 5.41) is 13.9. The normalized spacial score (nSPS) is 16.2. The molecule has 1 heterocycles. The van der Waals surface area contributed by atoms with E-state index in [1.54, 1.807) is 0 Å². The zero-order valence-corrected chi connectivity index (χ0v) is 20.5. The molecule has 0 aromatic carbocycles. The van der Waals surface area contributed by atoms with Crippen molar-refractivity contribution in [2.75, 3.05) is 12.3 Å². The van der Waals surface area contributed by atoms with Crippen molar-refractivity contribution in [3.63, 3.8) is 0 Å². The van der Waals surface area contributed by atoms with Crippen LogP contribution in [-0.2, 0) is 14.4 Å². The molecule has 1 aromatic rings. The highest BCUT2D eigenvalue weighted by Gasteiger charge is 2.31. The molecule has 2 rings (SSSR count). The van der Waals surface area contributed by atoms with Gasteiger partial charge in [0.1, 0.15) is 18.1 Å². The molecule has 15 nitrogen and oxygen atoms in total. The minimum atomic E-state index is -1.01. The number of nitrogens with zero attached hydrogens (tertiary/aromatic N) is 3. The van der Waals surface area contributed by atoms with Crippen LogP contribution in [0.5, 0.6) is 0 Å². The first-order valence-electron chi connectivity index (χ1n) is 12.0. The van der Waals surface area contributed by atoms with Crippen LogP contribution < -0.4 is 38.9 Å². The molecule has 0 saturated heterocycles. The Morgan fingerprint density at radius 3 is 2.28 bits per heavy atom. The van der Waals surface area contributed by atoms with Gasteiger partial charge in [0.2, 0.25) is 29.5 Å². The molecule has 15 heteroatoms. The number of carbonyl (C=O) groups excluding carboxylic acids is 4. The van der Waals surface area contributed by atoms with Gasteiger partial charge >= 0.3 is 0 Å². The van der Waals surface area contributed by atoms with Gasteiger partial charge in [-0.25, -0.2) is 0 Å². The molecule has 36 heavy (non-hydrogen) atoms. The van der Waals surface area contributed by atoms with E-state index in [2.05, 4.69) is 36.1 Å². The largest absolute Gasteiger partial charge is 0.370 e. The third-order valence-electron chi connectivity index (χ3n) is 6.00. The van der Waals surface area contributed by atoms with Gasteiger partial charge < -0.3 is 38.9 Å². The molecule has 1 aliphatic rings. The highest BCUT2D eigenvalue weighted by atomic mass is 16.2. The zero-order chi connectivity index (χ0) is 26.7. The Bertz CT molecular complexity index is 938. The third kappa shape index (κ3) is 9.38. The molecule has 12 N–H and O–H groups in total. The second-order valence-corrected chi connectivity index (χ2v) is 8.95. The third-order valence-corrected chi connectivity index (χ3v) is 6.00. The lowest BCUT2D eigenvalue weighted by Gasteiger charge is -2.28. The molecule has 0 spiro atoms. The topological polar surface area (TPSA) is 262 Å². The summed E-state index contributed by atoms with van der Waals surface area (Å²) in [5.74, 6) is -2.59. The average Bonchev–Trinajstić information content (AvgIpc) is 3.27. The summed E-state index contributed by atoms with van der Waals surface area (Å²) in [7, 11) is 0. The summed E-state index contributed by atoms with van der Waals surface area (Å²) in [6, 6.07) is -2.89. The van der Waals surface area contributed by atoms with E-state index in [-0.39, 0.29) is 36.6 Å². The van der Waals surface area contributed by atoms with Gasteiger partial charge in [0, 0.05) is 6.54 Å². The number of guanidine groups is 1. The van der Waals surface area contributed by atoms with Crippen LogP contribution >= 0.6 is 0 Å². The second kappa shape index (κ2) is 13.8. The predicted octanol–water partition coefficient (Wildman–Crippen LogP) is -2.02. The second-order valence-electron chi connectivity index (χ2n) is 8.95. The number of hydrogen-bond donors (Lipinski definition) is 8. The number of anilines is 1. The number of aromatic amines is 1. The number of nitrogens with one attached hydrogen (secondary N) is 4. The van der Waals surface area contributed by atoms with Crippen molar-refractivity contribution >= 4 is 35.5 Å². The number of aliphatic imine (C=N–C) groups is 1. The summed E-state index contributed by atoms with van der Waals surface area (Å²) in [4.78, 5) is 57.9. The van der Waals surface area contributed by atoms with E-state index in [1.165, 1.54) is 6.92 Å². The van der Waals surface area contributed by atoms with Crippen LogP contribution in [0.2, 0.25) is 0 Å². The quantitative estimate of drug-likeness (QED) is 0.0830. The van der Waals surface area contributed by atoms with E-state index in [9.17, 15) is 19.2 Å². The number of H-pyrrole nitrogens is 1. The first-order chi connectivity index (χ1) is 17.1. The maximum absolute atomic E-state index is 13.3. The van der Waals surface area contributed by atoms with E-state index in [1.807, 2.05) is 0 Å². The number of rotatable bonds is 13.